The molecule has 2 aromatic heterocycles. The van der Waals surface area contributed by atoms with E-state index in [9.17, 15) is 9.59 Å². The summed E-state index contributed by atoms with van der Waals surface area (Å²) in [5.74, 6) is 0.641. The van der Waals surface area contributed by atoms with Crippen LogP contribution in [0.25, 0.3) is 16.7 Å². The number of thioether (sulfide) groups is 1. The van der Waals surface area contributed by atoms with Gasteiger partial charge in [0.2, 0.25) is 11.7 Å². The lowest BCUT2D eigenvalue weighted by atomic mass is 10.2. The van der Waals surface area contributed by atoms with Crippen LogP contribution in [0.1, 0.15) is 13.3 Å². The summed E-state index contributed by atoms with van der Waals surface area (Å²) in [6.45, 7) is 6.70. The minimum Gasteiger partial charge on any atom is -0.355 e. The Hall–Kier alpha value is -2.61. The smallest absolute Gasteiger partial charge is 0.263 e. The molecule has 25 heavy (non-hydrogen) atoms. The number of para-hydroxylation sites is 1. The molecule has 0 radical (unpaired) electrons. The molecule has 3 rings (SSSR count). The van der Waals surface area contributed by atoms with Gasteiger partial charge in [0, 0.05) is 13.1 Å². The summed E-state index contributed by atoms with van der Waals surface area (Å²) in [5.41, 5.74) is 0.594. The summed E-state index contributed by atoms with van der Waals surface area (Å²) in [5, 5.41) is 12.3. The van der Waals surface area contributed by atoms with Crippen LogP contribution in [0, 0.1) is 0 Å². The highest BCUT2D eigenvalue weighted by atomic mass is 32.2. The number of nitrogens with one attached hydrogen (secondary N) is 1. The fourth-order valence-corrected chi connectivity index (χ4v) is 3.34. The van der Waals surface area contributed by atoms with Gasteiger partial charge in [-0.1, -0.05) is 36.9 Å². The first-order valence-corrected chi connectivity index (χ1v) is 9.03. The molecule has 0 unspecified atom stereocenters. The van der Waals surface area contributed by atoms with Gasteiger partial charge in [-0.2, -0.15) is 0 Å². The lowest BCUT2D eigenvalue weighted by Crippen LogP contribution is -2.26. The molecule has 8 heteroatoms. The molecular weight excluding hydrogens is 338 g/mol. The van der Waals surface area contributed by atoms with E-state index in [0.29, 0.717) is 29.4 Å². The van der Waals surface area contributed by atoms with E-state index in [-0.39, 0.29) is 17.2 Å². The van der Waals surface area contributed by atoms with Crippen LogP contribution in [-0.2, 0) is 11.3 Å². The van der Waals surface area contributed by atoms with Gasteiger partial charge in [0.25, 0.3) is 5.56 Å². The Morgan fingerprint density at radius 2 is 2.16 bits per heavy atom. The summed E-state index contributed by atoms with van der Waals surface area (Å²) in [4.78, 5) is 24.6. The molecule has 7 nitrogen and oxygen atoms in total. The lowest BCUT2D eigenvalue weighted by Gasteiger charge is -2.09. The molecule has 0 saturated heterocycles. The van der Waals surface area contributed by atoms with Crippen LogP contribution in [0.5, 0.6) is 0 Å². The maximum Gasteiger partial charge on any atom is 0.263 e. The van der Waals surface area contributed by atoms with E-state index in [1.165, 1.54) is 16.3 Å². The second-order valence-corrected chi connectivity index (χ2v) is 6.42. The lowest BCUT2D eigenvalue weighted by molar-refractivity contribution is -0.118. The second-order valence-electron chi connectivity index (χ2n) is 5.48. The van der Waals surface area contributed by atoms with Crippen molar-refractivity contribution in [2.75, 3.05) is 12.3 Å². The van der Waals surface area contributed by atoms with Crippen LogP contribution in [0.4, 0.5) is 0 Å². The summed E-state index contributed by atoms with van der Waals surface area (Å²) >= 11 is 1.30. The van der Waals surface area contributed by atoms with Crippen molar-refractivity contribution in [2.45, 2.75) is 25.0 Å². The standard InChI is InChI=1S/C17H19N5O2S/c1-3-9-18-14(23)11-25-17-20-19-16-21(10-4-2)15(24)12-7-5-6-8-13(12)22(16)17/h4-8H,2-3,9-11H2,1H3,(H,18,23). The van der Waals surface area contributed by atoms with Crippen molar-refractivity contribution in [3.8, 4) is 0 Å². The van der Waals surface area contributed by atoms with Crippen molar-refractivity contribution in [1.29, 1.82) is 0 Å². The van der Waals surface area contributed by atoms with Gasteiger partial charge in [-0.05, 0) is 18.6 Å². The van der Waals surface area contributed by atoms with Crippen molar-refractivity contribution < 1.29 is 4.79 Å². The molecule has 0 bridgehead atoms. The van der Waals surface area contributed by atoms with Gasteiger partial charge < -0.3 is 5.32 Å². The Kier molecular flexibility index (Phi) is 5.18. The zero-order valence-corrected chi connectivity index (χ0v) is 14.8. The van der Waals surface area contributed by atoms with Gasteiger partial charge in [0.15, 0.2) is 5.16 Å². The first kappa shape index (κ1) is 17.2. The number of amides is 1. The molecule has 0 atom stereocenters. The molecule has 1 amide bonds. The van der Waals surface area contributed by atoms with Crippen LogP contribution in [-0.4, -0.2) is 37.4 Å². The Labute approximate surface area is 148 Å². The molecule has 3 aromatic rings. The second kappa shape index (κ2) is 7.52. The normalized spacial score (nSPS) is 11.1. The summed E-state index contributed by atoms with van der Waals surface area (Å²) in [6, 6.07) is 7.32. The SMILES string of the molecule is C=CCn1c(=O)c2ccccc2n2c(SCC(=O)NCCC)nnc12. The van der Waals surface area contributed by atoms with Gasteiger partial charge in [0.05, 0.1) is 16.7 Å². The average molecular weight is 357 g/mol. The Bertz CT molecular complexity index is 992. The van der Waals surface area contributed by atoms with Crippen molar-refractivity contribution in [3.05, 3.63) is 47.3 Å². The Morgan fingerprint density at radius 1 is 1.36 bits per heavy atom. The predicted molar refractivity (Wildman–Crippen MR) is 99.0 cm³/mol. The number of aromatic nitrogens is 4. The third kappa shape index (κ3) is 3.30. The number of allylic oxidation sites excluding steroid dienone is 1. The first-order chi connectivity index (χ1) is 12.2. The maximum atomic E-state index is 12.7. The number of benzene rings is 1. The molecule has 0 aliphatic rings. The van der Waals surface area contributed by atoms with E-state index in [4.69, 9.17) is 0 Å². The summed E-state index contributed by atoms with van der Waals surface area (Å²) < 4.78 is 3.35. The van der Waals surface area contributed by atoms with Crippen LogP contribution in [0.15, 0.2) is 46.9 Å². The molecule has 130 valence electrons. The third-order valence-corrected chi connectivity index (χ3v) is 4.62. The molecular formula is C17H19N5O2S. The highest BCUT2D eigenvalue weighted by Gasteiger charge is 2.16. The minimum absolute atomic E-state index is 0.0488. The van der Waals surface area contributed by atoms with Crippen LogP contribution >= 0.6 is 11.8 Å². The Morgan fingerprint density at radius 3 is 2.92 bits per heavy atom. The number of carbonyl (C=O) groups is 1. The number of fused-ring (bicyclic) bond motifs is 3. The van der Waals surface area contributed by atoms with E-state index in [0.717, 1.165) is 11.9 Å². The van der Waals surface area contributed by atoms with Crippen molar-refractivity contribution >= 4 is 34.3 Å². The maximum absolute atomic E-state index is 12.7. The monoisotopic (exact) mass is 357 g/mol. The van der Waals surface area contributed by atoms with Crippen molar-refractivity contribution in [1.82, 2.24) is 24.5 Å². The summed E-state index contributed by atoms with van der Waals surface area (Å²) in [7, 11) is 0. The number of carbonyl (C=O) groups excluding carboxylic acids is 1. The number of rotatable bonds is 7. The number of nitrogens with zero attached hydrogens (tertiary/aromatic N) is 4. The zero-order valence-electron chi connectivity index (χ0n) is 13.9. The zero-order chi connectivity index (χ0) is 17.8. The van der Waals surface area contributed by atoms with Gasteiger partial charge in [-0.15, -0.1) is 16.8 Å². The summed E-state index contributed by atoms with van der Waals surface area (Å²) in [6.07, 6.45) is 2.54. The van der Waals surface area contributed by atoms with Gasteiger partial charge >= 0.3 is 0 Å². The van der Waals surface area contributed by atoms with E-state index in [1.54, 1.807) is 12.1 Å². The molecule has 0 spiro atoms. The topological polar surface area (TPSA) is 81.3 Å². The number of hydrogen-bond acceptors (Lipinski definition) is 5. The highest BCUT2D eigenvalue weighted by molar-refractivity contribution is 7.99. The fourth-order valence-electron chi connectivity index (χ4n) is 2.57. The van der Waals surface area contributed by atoms with Crippen molar-refractivity contribution in [3.63, 3.8) is 0 Å². The minimum atomic E-state index is -0.132. The van der Waals surface area contributed by atoms with Gasteiger partial charge in [-0.25, -0.2) is 0 Å². The van der Waals surface area contributed by atoms with E-state index in [1.807, 2.05) is 29.5 Å². The van der Waals surface area contributed by atoms with Crippen LogP contribution < -0.4 is 10.9 Å². The first-order valence-electron chi connectivity index (χ1n) is 8.04. The van der Waals surface area contributed by atoms with E-state index < -0.39 is 0 Å². The fraction of sp³-hybridized carbons (Fsp3) is 0.294. The molecule has 0 aliphatic heterocycles. The predicted octanol–water partition coefficient (Wildman–Crippen LogP) is 1.85. The number of hydrogen-bond donors (Lipinski definition) is 1. The highest BCUT2D eigenvalue weighted by Crippen LogP contribution is 2.21. The molecule has 1 aromatic carbocycles. The Balaban J connectivity index is 2.08. The van der Waals surface area contributed by atoms with Crippen molar-refractivity contribution in [2.24, 2.45) is 0 Å². The third-order valence-electron chi connectivity index (χ3n) is 3.69. The van der Waals surface area contributed by atoms with Crippen LogP contribution in [0.3, 0.4) is 0 Å². The molecule has 0 aliphatic carbocycles. The molecule has 2 heterocycles. The largest absolute Gasteiger partial charge is 0.355 e. The molecule has 1 N–H and O–H groups in total. The van der Waals surface area contributed by atoms with Crippen LogP contribution in [0.2, 0.25) is 0 Å². The van der Waals surface area contributed by atoms with E-state index >= 15 is 0 Å². The average Bonchev–Trinajstić information content (AvgIpc) is 3.05. The molecule has 0 saturated carbocycles. The van der Waals surface area contributed by atoms with Gasteiger partial charge in [0.1, 0.15) is 0 Å². The quantitative estimate of drug-likeness (QED) is 0.515. The van der Waals surface area contributed by atoms with E-state index in [2.05, 4.69) is 22.1 Å². The molecule has 0 fully saturated rings. The van der Waals surface area contributed by atoms with Gasteiger partial charge in [-0.3, -0.25) is 18.6 Å².